The smallest absolute Gasteiger partial charge is 0.335 e. The number of ether oxygens (including phenoxy) is 5. The number of carboxylic acid groups (broad SMARTS) is 1. The van der Waals surface area contributed by atoms with Gasteiger partial charge in [-0.25, -0.2) is 4.79 Å². The van der Waals surface area contributed by atoms with Crippen molar-refractivity contribution in [3.63, 3.8) is 0 Å². The lowest BCUT2D eigenvalue weighted by Gasteiger charge is -2.40. The molecule has 0 amide bonds. The van der Waals surface area contributed by atoms with Gasteiger partial charge < -0.3 is 39.0 Å². The van der Waals surface area contributed by atoms with Gasteiger partial charge in [-0.1, -0.05) is 241 Å². The minimum atomic E-state index is -1.94. The van der Waals surface area contributed by atoms with Crippen molar-refractivity contribution in [3.05, 3.63) is 72.9 Å². The van der Waals surface area contributed by atoms with Crippen molar-refractivity contribution in [1.29, 1.82) is 0 Å². The van der Waals surface area contributed by atoms with Gasteiger partial charge in [0.05, 0.1) is 13.0 Å². The zero-order valence-corrected chi connectivity index (χ0v) is 47.3. The number of aliphatic hydroxyl groups excluding tert-OH is 2. The van der Waals surface area contributed by atoms with Crippen LogP contribution in [0.1, 0.15) is 252 Å². The van der Waals surface area contributed by atoms with Crippen molar-refractivity contribution in [1.82, 2.24) is 0 Å². The topological polar surface area (TPSA) is 175 Å². The molecule has 0 spiro atoms. The van der Waals surface area contributed by atoms with Crippen molar-refractivity contribution < 1.29 is 58.2 Å². The second-order valence-electron chi connectivity index (χ2n) is 20.3. The molecule has 1 heterocycles. The SMILES string of the molecule is CC/C=C\C/C=C\C/C=C\C/C=C\C/C=C\CC(=O)OC1C(OCC(COC(=O)CCCCCCCCCCCCCCCCCCCCC)OC(=O)CCCCCCC/C=C\CCCC)OC(C(=O)O)C(O)C1O. The van der Waals surface area contributed by atoms with Gasteiger partial charge >= 0.3 is 23.9 Å². The third-order valence-corrected chi connectivity index (χ3v) is 13.3. The van der Waals surface area contributed by atoms with E-state index in [1.165, 1.54) is 109 Å². The minimum absolute atomic E-state index is 0.142. The highest BCUT2D eigenvalue weighted by molar-refractivity contribution is 5.74. The Morgan fingerprint density at radius 2 is 0.893 bits per heavy atom. The number of rotatable bonds is 50. The molecular weight excluding hydrogens is 949 g/mol. The summed E-state index contributed by atoms with van der Waals surface area (Å²) in [5, 5.41) is 31.4. The third kappa shape index (κ3) is 41.0. The normalized spacial score (nSPS) is 18.7. The van der Waals surface area contributed by atoms with Gasteiger partial charge in [-0.05, 0) is 64.2 Å². The molecule has 1 fully saturated rings. The van der Waals surface area contributed by atoms with E-state index in [0.717, 1.165) is 83.5 Å². The number of hydrogen-bond acceptors (Lipinski definition) is 11. The Labute approximate surface area is 455 Å². The minimum Gasteiger partial charge on any atom is -0.479 e. The quantitative estimate of drug-likeness (QED) is 0.0228. The molecule has 0 radical (unpaired) electrons. The molecule has 430 valence electrons. The van der Waals surface area contributed by atoms with E-state index in [2.05, 4.69) is 69.4 Å². The molecule has 0 bridgehead atoms. The van der Waals surface area contributed by atoms with Crippen LogP contribution in [-0.4, -0.2) is 89.2 Å². The second-order valence-corrected chi connectivity index (χ2v) is 20.3. The van der Waals surface area contributed by atoms with Gasteiger partial charge in [0, 0.05) is 12.8 Å². The molecular formula is C63H106O12. The summed E-state index contributed by atoms with van der Waals surface area (Å²) >= 11 is 0. The van der Waals surface area contributed by atoms with Crippen LogP contribution in [0, 0.1) is 0 Å². The predicted molar refractivity (Wildman–Crippen MR) is 303 cm³/mol. The number of aliphatic hydroxyl groups is 2. The van der Waals surface area contributed by atoms with E-state index in [1.807, 2.05) is 12.2 Å². The Morgan fingerprint density at radius 1 is 0.467 bits per heavy atom. The number of carbonyl (C=O) groups is 4. The second kappa shape index (κ2) is 50.9. The van der Waals surface area contributed by atoms with Crippen LogP contribution in [0.3, 0.4) is 0 Å². The average Bonchev–Trinajstić information content (AvgIpc) is 3.39. The van der Waals surface area contributed by atoms with Gasteiger partial charge in [0.25, 0.3) is 0 Å². The van der Waals surface area contributed by atoms with E-state index >= 15 is 0 Å². The van der Waals surface area contributed by atoms with Gasteiger partial charge in [-0.2, -0.15) is 0 Å². The van der Waals surface area contributed by atoms with Crippen LogP contribution in [0.2, 0.25) is 0 Å². The van der Waals surface area contributed by atoms with E-state index in [-0.39, 0.29) is 25.9 Å². The Hall–Kier alpha value is -3.84. The fourth-order valence-corrected chi connectivity index (χ4v) is 8.72. The van der Waals surface area contributed by atoms with Crippen molar-refractivity contribution in [2.24, 2.45) is 0 Å². The van der Waals surface area contributed by atoms with Gasteiger partial charge in [-0.15, -0.1) is 0 Å². The van der Waals surface area contributed by atoms with Crippen molar-refractivity contribution in [3.8, 4) is 0 Å². The summed E-state index contributed by atoms with van der Waals surface area (Å²) < 4.78 is 28.3. The largest absolute Gasteiger partial charge is 0.479 e. The number of carboxylic acids is 1. The molecule has 0 aliphatic carbocycles. The molecule has 0 saturated carbocycles. The van der Waals surface area contributed by atoms with Gasteiger partial charge in [0.15, 0.2) is 24.6 Å². The van der Waals surface area contributed by atoms with E-state index in [0.29, 0.717) is 19.3 Å². The Morgan fingerprint density at radius 3 is 1.37 bits per heavy atom. The number of unbranched alkanes of at least 4 members (excludes halogenated alkanes) is 25. The van der Waals surface area contributed by atoms with Crippen LogP contribution in [0.5, 0.6) is 0 Å². The molecule has 1 aliphatic rings. The van der Waals surface area contributed by atoms with E-state index < -0.39 is 67.3 Å². The maximum absolute atomic E-state index is 13.1. The molecule has 12 heteroatoms. The number of hydrogen-bond donors (Lipinski definition) is 3. The number of allylic oxidation sites excluding steroid dienone is 11. The molecule has 75 heavy (non-hydrogen) atoms. The maximum Gasteiger partial charge on any atom is 0.335 e. The van der Waals surface area contributed by atoms with Gasteiger partial charge in [0.1, 0.15) is 18.8 Å². The molecule has 12 nitrogen and oxygen atoms in total. The third-order valence-electron chi connectivity index (χ3n) is 13.3. The highest BCUT2D eigenvalue weighted by Crippen LogP contribution is 2.26. The van der Waals surface area contributed by atoms with Gasteiger partial charge in [-0.3, -0.25) is 14.4 Å². The predicted octanol–water partition coefficient (Wildman–Crippen LogP) is 15.3. The lowest BCUT2D eigenvalue weighted by molar-refractivity contribution is -0.301. The summed E-state index contributed by atoms with van der Waals surface area (Å²) in [6.07, 6.45) is 52.0. The fourth-order valence-electron chi connectivity index (χ4n) is 8.72. The summed E-state index contributed by atoms with van der Waals surface area (Å²) in [5.41, 5.74) is 0. The molecule has 6 atom stereocenters. The number of carbonyl (C=O) groups excluding carboxylic acids is 3. The molecule has 0 aromatic heterocycles. The van der Waals surface area contributed by atoms with Crippen LogP contribution in [0.15, 0.2) is 72.9 Å². The Balaban J connectivity index is 2.69. The summed E-state index contributed by atoms with van der Waals surface area (Å²) in [5.74, 6) is -3.29. The van der Waals surface area contributed by atoms with E-state index in [9.17, 15) is 34.5 Å². The first-order valence-corrected chi connectivity index (χ1v) is 29.9. The monoisotopic (exact) mass is 1050 g/mol. The van der Waals surface area contributed by atoms with Crippen LogP contribution in [0.4, 0.5) is 0 Å². The van der Waals surface area contributed by atoms with E-state index in [1.54, 1.807) is 12.2 Å². The first-order chi connectivity index (χ1) is 36.6. The molecule has 0 aromatic carbocycles. The summed E-state index contributed by atoms with van der Waals surface area (Å²) in [7, 11) is 0. The molecule has 1 aliphatic heterocycles. The molecule has 1 rings (SSSR count). The first kappa shape index (κ1) is 69.2. The highest BCUT2D eigenvalue weighted by Gasteiger charge is 2.50. The Bertz CT molecular complexity index is 1580. The van der Waals surface area contributed by atoms with Crippen molar-refractivity contribution in [2.75, 3.05) is 13.2 Å². The van der Waals surface area contributed by atoms with Crippen molar-refractivity contribution in [2.45, 2.75) is 289 Å². The summed E-state index contributed by atoms with van der Waals surface area (Å²) in [4.78, 5) is 51.0. The van der Waals surface area contributed by atoms with Crippen LogP contribution in [0.25, 0.3) is 0 Å². The zero-order valence-electron chi connectivity index (χ0n) is 47.3. The van der Waals surface area contributed by atoms with Crippen LogP contribution < -0.4 is 0 Å². The standard InChI is InChI=1S/C63H106O12/c1-4-7-10-13-16-19-22-24-26-27-28-29-31-32-35-37-40-43-46-49-55(64)71-52-54(73-56(65)50-47-44-41-38-34-21-18-15-12-9-6-3)53-72-63-61(59(68)58(67)60(75-63)62(69)70)74-57(66)51-48-45-42-39-36-33-30-25-23-20-17-14-11-8-5-2/h8,11,15,17-18,20,25,30,36,39,45,48,54,58-61,63,67-68H,4-7,9-10,12-14,16,19,21-24,26-29,31-35,37-38,40-44,46-47,49-53H2,1-3H3,(H,69,70)/b11-8-,18-15-,20-17-,30-25-,39-36-,48-45-. The van der Waals surface area contributed by atoms with Crippen LogP contribution in [-0.2, 0) is 42.9 Å². The number of esters is 3. The summed E-state index contributed by atoms with van der Waals surface area (Å²) in [6, 6.07) is 0. The average molecular weight is 1060 g/mol. The number of aliphatic carboxylic acids is 1. The fraction of sp³-hybridized carbons (Fsp3) is 0.746. The van der Waals surface area contributed by atoms with E-state index in [4.69, 9.17) is 23.7 Å². The van der Waals surface area contributed by atoms with Crippen molar-refractivity contribution >= 4 is 23.9 Å². The highest BCUT2D eigenvalue weighted by atomic mass is 16.7. The lowest BCUT2D eigenvalue weighted by atomic mass is 9.98. The Kier molecular flexibility index (Phi) is 47.0. The molecule has 1 saturated heterocycles. The van der Waals surface area contributed by atoms with Crippen LogP contribution >= 0.6 is 0 Å². The zero-order chi connectivity index (χ0) is 54.7. The molecule has 0 aromatic rings. The molecule has 3 N–H and O–H groups in total. The molecule has 6 unspecified atom stereocenters. The van der Waals surface area contributed by atoms with Gasteiger partial charge in [0.2, 0.25) is 0 Å². The summed E-state index contributed by atoms with van der Waals surface area (Å²) in [6.45, 7) is 5.80. The first-order valence-electron chi connectivity index (χ1n) is 29.9. The maximum atomic E-state index is 13.1. The lowest BCUT2D eigenvalue weighted by Crippen LogP contribution is -2.61.